The molecule has 1 aliphatic rings. The molecule has 136 valence electrons. The van der Waals surface area contributed by atoms with E-state index in [4.69, 9.17) is 16.3 Å². The molecule has 4 nitrogen and oxygen atoms in total. The lowest BCUT2D eigenvalue weighted by Crippen LogP contribution is -2.34. The Balaban J connectivity index is 1.84. The maximum absolute atomic E-state index is 9.49. The summed E-state index contributed by atoms with van der Waals surface area (Å²) >= 11 is 7.94. The van der Waals surface area contributed by atoms with Gasteiger partial charge >= 0.3 is 0 Å². The van der Waals surface area contributed by atoms with Gasteiger partial charge in [-0.05, 0) is 62.7 Å². The molecule has 1 fully saturated rings. The maximum atomic E-state index is 9.49. The van der Waals surface area contributed by atoms with Crippen molar-refractivity contribution in [3.63, 3.8) is 0 Å². The minimum Gasteiger partial charge on any atom is -0.489 e. The van der Waals surface area contributed by atoms with Gasteiger partial charge in [0.1, 0.15) is 11.9 Å². The minimum atomic E-state index is 0.0213. The molecule has 3 heterocycles. The van der Waals surface area contributed by atoms with Crippen LogP contribution in [0.4, 0.5) is 0 Å². The van der Waals surface area contributed by atoms with E-state index < -0.39 is 0 Å². The molecule has 1 saturated heterocycles. The number of nitrogens with one attached hydrogen (secondary N) is 1. The van der Waals surface area contributed by atoms with Gasteiger partial charge < -0.3 is 15.2 Å². The van der Waals surface area contributed by atoms with E-state index in [0.29, 0.717) is 5.02 Å². The van der Waals surface area contributed by atoms with Crippen molar-refractivity contribution in [1.82, 2.24) is 10.3 Å². The lowest BCUT2D eigenvalue weighted by molar-refractivity contribution is 0.162. The van der Waals surface area contributed by atoms with Crippen LogP contribution in [0.2, 0.25) is 5.02 Å². The van der Waals surface area contributed by atoms with E-state index in [0.717, 1.165) is 63.5 Å². The highest BCUT2D eigenvalue weighted by Crippen LogP contribution is 2.42. The van der Waals surface area contributed by atoms with Gasteiger partial charge in [0.15, 0.2) is 0 Å². The Hall–Kier alpha value is -1.66. The third kappa shape index (κ3) is 3.45. The number of ether oxygens (including phenoxy) is 1. The fourth-order valence-corrected chi connectivity index (χ4v) is 4.72. The number of piperidine rings is 1. The van der Waals surface area contributed by atoms with Crippen molar-refractivity contribution in [3.05, 3.63) is 45.9 Å². The molecule has 0 unspecified atom stereocenters. The fourth-order valence-electron chi connectivity index (χ4n) is 3.44. The summed E-state index contributed by atoms with van der Waals surface area (Å²) in [7, 11) is 0. The van der Waals surface area contributed by atoms with Gasteiger partial charge in [-0.25, -0.2) is 0 Å². The van der Waals surface area contributed by atoms with Crippen LogP contribution in [0.5, 0.6) is 5.75 Å². The molecule has 1 aliphatic heterocycles. The van der Waals surface area contributed by atoms with Crippen LogP contribution in [-0.2, 0) is 6.61 Å². The molecule has 0 atom stereocenters. The van der Waals surface area contributed by atoms with Gasteiger partial charge in [0, 0.05) is 27.2 Å². The van der Waals surface area contributed by atoms with E-state index >= 15 is 0 Å². The first-order valence-corrected chi connectivity index (χ1v) is 10.0. The lowest BCUT2D eigenvalue weighted by atomic mass is 10.0. The molecule has 3 aromatic rings. The summed E-state index contributed by atoms with van der Waals surface area (Å²) < 4.78 is 7.49. The molecule has 1 aromatic carbocycles. The average molecular weight is 389 g/mol. The van der Waals surface area contributed by atoms with Crippen LogP contribution in [0, 0.1) is 6.92 Å². The number of pyridine rings is 1. The normalized spacial score (nSPS) is 15.5. The molecule has 0 radical (unpaired) electrons. The number of hydrogen-bond acceptors (Lipinski definition) is 5. The molecule has 0 aliphatic carbocycles. The second kappa shape index (κ2) is 7.53. The molecular weight excluding hydrogens is 368 g/mol. The summed E-state index contributed by atoms with van der Waals surface area (Å²) in [5.74, 6) is 0.896. The van der Waals surface area contributed by atoms with Gasteiger partial charge in [0.05, 0.1) is 16.8 Å². The van der Waals surface area contributed by atoms with Crippen molar-refractivity contribution >= 4 is 33.2 Å². The molecule has 0 bridgehead atoms. The van der Waals surface area contributed by atoms with Gasteiger partial charge in [0.2, 0.25) is 0 Å². The third-order valence-corrected chi connectivity index (χ3v) is 6.08. The number of fused-ring (bicyclic) bond motifs is 1. The molecule has 26 heavy (non-hydrogen) atoms. The van der Waals surface area contributed by atoms with E-state index in [-0.39, 0.29) is 12.7 Å². The predicted octanol–water partition coefficient (Wildman–Crippen LogP) is 4.55. The number of nitrogens with zero attached hydrogens (tertiary/aromatic N) is 1. The molecule has 6 heteroatoms. The molecule has 0 saturated carbocycles. The molecule has 2 N–H and O–H groups in total. The van der Waals surface area contributed by atoms with E-state index in [1.807, 2.05) is 31.2 Å². The van der Waals surface area contributed by atoms with Crippen molar-refractivity contribution < 1.29 is 9.84 Å². The molecule has 4 rings (SSSR count). The summed E-state index contributed by atoms with van der Waals surface area (Å²) in [4.78, 5) is 5.35. The second-order valence-corrected chi connectivity index (χ2v) is 8.18. The number of thiophene rings is 1. The Morgan fingerprint density at radius 1 is 1.27 bits per heavy atom. The highest BCUT2D eigenvalue weighted by Gasteiger charge is 2.20. The van der Waals surface area contributed by atoms with Crippen LogP contribution in [0.15, 0.2) is 30.5 Å². The highest BCUT2D eigenvalue weighted by atomic mass is 35.5. The topological polar surface area (TPSA) is 54.4 Å². The van der Waals surface area contributed by atoms with E-state index in [1.165, 1.54) is 0 Å². The van der Waals surface area contributed by atoms with Crippen molar-refractivity contribution in [2.24, 2.45) is 0 Å². The number of benzene rings is 1. The Kier molecular flexibility index (Phi) is 5.14. The second-order valence-electron chi connectivity index (χ2n) is 6.61. The van der Waals surface area contributed by atoms with Crippen molar-refractivity contribution in [1.29, 1.82) is 0 Å². The van der Waals surface area contributed by atoms with E-state index in [2.05, 4.69) is 10.3 Å². The standard InChI is InChI=1S/C20H21ClN2O2S/c1-12-8-13(21)9-17(19(12)25-14-2-5-22-6-3-14)16-4-7-23-18-10-15(11-24)26-20(16)18/h4,7-10,14,22,24H,2-3,5-6,11H2,1H3. The van der Waals surface area contributed by atoms with Gasteiger partial charge in [-0.15, -0.1) is 11.3 Å². The number of aliphatic hydroxyl groups is 1. The lowest BCUT2D eigenvalue weighted by Gasteiger charge is -2.26. The summed E-state index contributed by atoms with van der Waals surface area (Å²) in [5, 5.41) is 13.6. The minimum absolute atomic E-state index is 0.0213. The van der Waals surface area contributed by atoms with Crippen LogP contribution >= 0.6 is 22.9 Å². The van der Waals surface area contributed by atoms with Gasteiger partial charge in [0.25, 0.3) is 0 Å². The molecule has 0 spiro atoms. The largest absolute Gasteiger partial charge is 0.489 e. The zero-order valence-electron chi connectivity index (χ0n) is 14.6. The number of halogens is 1. The Morgan fingerprint density at radius 2 is 2.08 bits per heavy atom. The number of aliphatic hydroxyl groups excluding tert-OH is 1. The SMILES string of the molecule is Cc1cc(Cl)cc(-c2ccnc3cc(CO)sc23)c1OC1CCNCC1. The first-order chi connectivity index (χ1) is 12.7. The predicted molar refractivity (Wildman–Crippen MR) is 107 cm³/mol. The average Bonchev–Trinajstić information content (AvgIpc) is 3.08. The summed E-state index contributed by atoms with van der Waals surface area (Å²) in [5.41, 5.74) is 3.97. The quantitative estimate of drug-likeness (QED) is 0.688. The number of aromatic nitrogens is 1. The van der Waals surface area contributed by atoms with Crippen molar-refractivity contribution in [2.45, 2.75) is 32.5 Å². The third-order valence-electron chi connectivity index (χ3n) is 4.72. The number of rotatable bonds is 4. The Labute approximate surface area is 161 Å². The summed E-state index contributed by atoms with van der Waals surface area (Å²) in [6.07, 6.45) is 4.02. The fraction of sp³-hybridized carbons (Fsp3) is 0.350. The van der Waals surface area contributed by atoms with Gasteiger partial charge in [-0.3, -0.25) is 4.98 Å². The number of aryl methyl sites for hydroxylation is 1. The van der Waals surface area contributed by atoms with Crippen LogP contribution in [0.3, 0.4) is 0 Å². The smallest absolute Gasteiger partial charge is 0.130 e. The number of hydrogen-bond donors (Lipinski definition) is 2. The zero-order valence-corrected chi connectivity index (χ0v) is 16.2. The Bertz CT molecular complexity index is 935. The van der Waals surface area contributed by atoms with Crippen LogP contribution in [0.1, 0.15) is 23.3 Å². The van der Waals surface area contributed by atoms with Crippen LogP contribution < -0.4 is 10.1 Å². The maximum Gasteiger partial charge on any atom is 0.130 e. The Morgan fingerprint density at radius 3 is 2.85 bits per heavy atom. The van der Waals surface area contributed by atoms with E-state index in [1.54, 1.807) is 17.5 Å². The van der Waals surface area contributed by atoms with Gasteiger partial charge in [-0.2, -0.15) is 0 Å². The van der Waals surface area contributed by atoms with Crippen molar-refractivity contribution in [3.8, 4) is 16.9 Å². The monoisotopic (exact) mass is 388 g/mol. The van der Waals surface area contributed by atoms with E-state index in [9.17, 15) is 5.11 Å². The van der Waals surface area contributed by atoms with Crippen molar-refractivity contribution in [2.75, 3.05) is 13.1 Å². The zero-order chi connectivity index (χ0) is 18.1. The molecule has 0 amide bonds. The summed E-state index contributed by atoms with van der Waals surface area (Å²) in [6.45, 7) is 4.03. The molecular formula is C20H21ClN2O2S. The highest BCUT2D eigenvalue weighted by molar-refractivity contribution is 7.19. The first-order valence-electron chi connectivity index (χ1n) is 8.82. The molecule has 2 aromatic heterocycles. The van der Waals surface area contributed by atoms with Gasteiger partial charge in [-0.1, -0.05) is 11.6 Å². The van der Waals surface area contributed by atoms with Crippen LogP contribution in [0.25, 0.3) is 21.3 Å². The first kappa shape index (κ1) is 17.7. The van der Waals surface area contributed by atoms with Crippen LogP contribution in [-0.4, -0.2) is 29.3 Å². The summed E-state index contributed by atoms with van der Waals surface area (Å²) in [6, 6.07) is 7.86.